The van der Waals surface area contributed by atoms with Gasteiger partial charge in [-0.15, -0.1) is 0 Å². The number of amides is 1. The van der Waals surface area contributed by atoms with Gasteiger partial charge >= 0.3 is 0 Å². The van der Waals surface area contributed by atoms with Crippen molar-refractivity contribution in [1.29, 1.82) is 0 Å². The molecule has 0 saturated carbocycles. The molecule has 0 aliphatic carbocycles. The zero-order valence-corrected chi connectivity index (χ0v) is 11.5. The fourth-order valence-corrected chi connectivity index (χ4v) is 1.64. The number of carbonyl (C=O) groups is 1. The first-order valence-electron chi connectivity index (χ1n) is 6.21. The Balaban J connectivity index is 2.91. The number of carbonyl (C=O) groups excluding carboxylic acids is 1. The number of rotatable bonds is 5. The second-order valence-corrected chi connectivity index (χ2v) is 4.68. The van der Waals surface area contributed by atoms with E-state index in [-0.39, 0.29) is 11.4 Å². The van der Waals surface area contributed by atoms with Gasteiger partial charge in [-0.05, 0) is 31.9 Å². The standard InChI is InChI=1S/C14H22N2O2/c1-5-14(3,6-2)16-13(17)11-8-7-10(18-4)9-12(11)15/h7-9H,5-6,15H2,1-4H3,(H,16,17). The van der Waals surface area contributed by atoms with Crippen molar-refractivity contribution in [2.24, 2.45) is 0 Å². The second kappa shape index (κ2) is 5.76. The van der Waals surface area contributed by atoms with Crippen molar-refractivity contribution >= 4 is 11.6 Å². The van der Waals surface area contributed by atoms with Gasteiger partial charge < -0.3 is 15.8 Å². The molecular formula is C14H22N2O2. The molecule has 0 unspecified atom stereocenters. The van der Waals surface area contributed by atoms with Crippen molar-refractivity contribution in [3.8, 4) is 5.75 Å². The molecule has 0 heterocycles. The molecule has 0 saturated heterocycles. The monoisotopic (exact) mass is 250 g/mol. The Bertz CT molecular complexity index is 426. The number of nitrogen functional groups attached to an aromatic ring is 1. The minimum atomic E-state index is -0.191. The van der Waals surface area contributed by atoms with Crippen LogP contribution in [0.5, 0.6) is 5.75 Å². The predicted molar refractivity (Wildman–Crippen MR) is 73.9 cm³/mol. The highest BCUT2D eigenvalue weighted by molar-refractivity contribution is 5.99. The number of ether oxygens (including phenoxy) is 1. The van der Waals surface area contributed by atoms with E-state index < -0.39 is 0 Å². The zero-order chi connectivity index (χ0) is 13.8. The summed E-state index contributed by atoms with van der Waals surface area (Å²) in [5.74, 6) is 0.513. The molecule has 0 aliphatic rings. The quantitative estimate of drug-likeness (QED) is 0.789. The Morgan fingerprint density at radius 1 is 1.39 bits per heavy atom. The van der Waals surface area contributed by atoms with Crippen LogP contribution in [0.25, 0.3) is 0 Å². The molecule has 100 valence electrons. The molecule has 1 amide bonds. The smallest absolute Gasteiger partial charge is 0.253 e. The zero-order valence-electron chi connectivity index (χ0n) is 11.5. The topological polar surface area (TPSA) is 64.3 Å². The number of nitrogens with one attached hydrogen (secondary N) is 1. The first-order chi connectivity index (χ1) is 8.45. The van der Waals surface area contributed by atoms with E-state index in [1.54, 1.807) is 25.3 Å². The highest BCUT2D eigenvalue weighted by atomic mass is 16.5. The van der Waals surface area contributed by atoms with E-state index in [2.05, 4.69) is 19.2 Å². The number of methoxy groups -OCH3 is 1. The maximum atomic E-state index is 12.2. The lowest BCUT2D eigenvalue weighted by Crippen LogP contribution is -2.45. The van der Waals surface area contributed by atoms with Crippen molar-refractivity contribution < 1.29 is 9.53 Å². The minimum absolute atomic E-state index is 0.138. The molecular weight excluding hydrogens is 228 g/mol. The molecule has 0 fully saturated rings. The van der Waals surface area contributed by atoms with Gasteiger partial charge in [-0.25, -0.2) is 0 Å². The van der Waals surface area contributed by atoms with Gasteiger partial charge in [0.25, 0.3) is 5.91 Å². The molecule has 18 heavy (non-hydrogen) atoms. The van der Waals surface area contributed by atoms with E-state index in [9.17, 15) is 4.79 Å². The highest BCUT2D eigenvalue weighted by Gasteiger charge is 2.23. The van der Waals surface area contributed by atoms with Crippen LogP contribution in [-0.4, -0.2) is 18.6 Å². The molecule has 0 atom stereocenters. The van der Waals surface area contributed by atoms with Crippen LogP contribution in [0.2, 0.25) is 0 Å². The third kappa shape index (κ3) is 3.15. The van der Waals surface area contributed by atoms with Gasteiger partial charge in [-0.1, -0.05) is 13.8 Å². The number of benzene rings is 1. The normalized spacial score (nSPS) is 11.1. The predicted octanol–water partition coefficient (Wildman–Crippen LogP) is 2.59. The summed E-state index contributed by atoms with van der Waals surface area (Å²) < 4.78 is 5.06. The van der Waals surface area contributed by atoms with E-state index in [1.807, 2.05) is 6.92 Å². The molecule has 0 spiro atoms. The van der Waals surface area contributed by atoms with Crippen molar-refractivity contribution in [2.75, 3.05) is 12.8 Å². The first kappa shape index (κ1) is 14.4. The summed E-state index contributed by atoms with van der Waals surface area (Å²) in [7, 11) is 1.57. The van der Waals surface area contributed by atoms with Gasteiger partial charge in [0.15, 0.2) is 0 Å². The molecule has 3 N–H and O–H groups in total. The van der Waals surface area contributed by atoms with Crippen molar-refractivity contribution in [1.82, 2.24) is 5.32 Å². The van der Waals surface area contributed by atoms with Gasteiger partial charge in [0.05, 0.1) is 12.7 Å². The van der Waals surface area contributed by atoms with Crippen molar-refractivity contribution in [2.45, 2.75) is 39.2 Å². The van der Waals surface area contributed by atoms with Crippen LogP contribution < -0.4 is 15.8 Å². The van der Waals surface area contributed by atoms with Gasteiger partial charge in [-0.3, -0.25) is 4.79 Å². The average Bonchev–Trinajstić information content (AvgIpc) is 2.38. The summed E-state index contributed by atoms with van der Waals surface area (Å²) >= 11 is 0. The number of hydrogen-bond acceptors (Lipinski definition) is 3. The summed E-state index contributed by atoms with van der Waals surface area (Å²) in [4.78, 5) is 12.2. The SMILES string of the molecule is CCC(C)(CC)NC(=O)c1ccc(OC)cc1N. The number of nitrogens with two attached hydrogens (primary N) is 1. The Labute approximate surface area is 109 Å². The molecule has 0 aromatic heterocycles. The maximum absolute atomic E-state index is 12.2. The summed E-state index contributed by atoms with van der Waals surface area (Å²) in [6, 6.07) is 5.08. The van der Waals surface area contributed by atoms with Gasteiger partial charge in [0.2, 0.25) is 0 Å². The van der Waals surface area contributed by atoms with Crippen LogP contribution in [0.4, 0.5) is 5.69 Å². The van der Waals surface area contributed by atoms with E-state index in [4.69, 9.17) is 10.5 Å². The first-order valence-corrected chi connectivity index (χ1v) is 6.21. The van der Waals surface area contributed by atoms with Crippen LogP contribution in [0.3, 0.4) is 0 Å². The molecule has 0 aliphatic heterocycles. The van der Waals surface area contributed by atoms with Crippen LogP contribution in [0, 0.1) is 0 Å². The Morgan fingerprint density at radius 3 is 2.44 bits per heavy atom. The van der Waals surface area contributed by atoms with Crippen LogP contribution in [-0.2, 0) is 0 Å². The lowest BCUT2D eigenvalue weighted by Gasteiger charge is -2.28. The largest absolute Gasteiger partial charge is 0.497 e. The van der Waals surface area contributed by atoms with E-state index in [0.29, 0.717) is 17.0 Å². The summed E-state index contributed by atoms with van der Waals surface area (Å²) in [6.45, 7) is 6.15. The van der Waals surface area contributed by atoms with Crippen LogP contribution >= 0.6 is 0 Å². The average molecular weight is 250 g/mol. The summed E-state index contributed by atoms with van der Waals surface area (Å²) in [5, 5.41) is 3.03. The van der Waals surface area contributed by atoms with Crippen LogP contribution in [0.15, 0.2) is 18.2 Å². The fourth-order valence-electron chi connectivity index (χ4n) is 1.64. The molecule has 1 rings (SSSR count). The third-order valence-electron chi connectivity index (χ3n) is 3.48. The third-order valence-corrected chi connectivity index (χ3v) is 3.48. The molecule has 4 nitrogen and oxygen atoms in total. The number of hydrogen-bond donors (Lipinski definition) is 2. The maximum Gasteiger partial charge on any atom is 0.253 e. The molecule has 0 bridgehead atoms. The Hall–Kier alpha value is -1.71. The number of anilines is 1. The minimum Gasteiger partial charge on any atom is -0.497 e. The summed E-state index contributed by atoms with van der Waals surface area (Å²) in [6.07, 6.45) is 1.76. The van der Waals surface area contributed by atoms with Crippen molar-refractivity contribution in [3.63, 3.8) is 0 Å². The Kier molecular flexibility index (Phi) is 4.59. The molecule has 1 aromatic carbocycles. The molecule has 1 aromatic rings. The lowest BCUT2D eigenvalue weighted by molar-refractivity contribution is 0.0902. The van der Waals surface area contributed by atoms with E-state index in [1.165, 1.54) is 0 Å². The second-order valence-electron chi connectivity index (χ2n) is 4.68. The summed E-state index contributed by atoms with van der Waals surface area (Å²) in [5.41, 5.74) is 6.59. The molecule has 4 heteroatoms. The van der Waals surface area contributed by atoms with Gasteiger partial charge in [-0.2, -0.15) is 0 Å². The van der Waals surface area contributed by atoms with Crippen molar-refractivity contribution in [3.05, 3.63) is 23.8 Å². The van der Waals surface area contributed by atoms with Crippen LogP contribution in [0.1, 0.15) is 44.0 Å². The molecule has 0 radical (unpaired) electrons. The van der Waals surface area contributed by atoms with E-state index in [0.717, 1.165) is 12.8 Å². The lowest BCUT2D eigenvalue weighted by atomic mass is 9.95. The fraction of sp³-hybridized carbons (Fsp3) is 0.500. The van der Waals surface area contributed by atoms with E-state index >= 15 is 0 Å². The van der Waals surface area contributed by atoms with Gasteiger partial charge in [0, 0.05) is 17.3 Å². The Morgan fingerprint density at radius 2 is 2.00 bits per heavy atom. The highest BCUT2D eigenvalue weighted by Crippen LogP contribution is 2.21. The van der Waals surface area contributed by atoms with Gasteiger partial charge in [0.1, 0.15) is 5.75 Å².